The summed E-state index contributed by atoms with van der Waals surface area (Å²) in [6.07, 6.45) is 5.29. The van der Waals surface area contributed by atoms with E-state index in [1.807, 2.05) is 25.2 Å². The molecule has 2 aliphatic rings. The highest BCUT2D eigenvalue weighted by Gasteiger charge is 2.20. The van der Waals surface area contributed by atoms with Crippen LogP contribution in [0.25, 0.3) is 0 Å². The fraction of sp³-hybridized carbons (Fsp3) is 0.632. The Hall–Kier alpha value is -1.95. The molecule has 1 aromatic rings. The van der Waals surface area contributed by atoms with Crippen LogP contribution in [0.1, 0.15) is 38.2 Å². The second-order valence-electron chi connectivity index (χ2n) is 6.63. The Morgan fingerprint density at radius 1 is 1.24 bits per heavy atom. The Labute approximate surface area is 150 Å². The van der Waals surface area contributed by atoms with E-state index in [1.165, 1.54) is 32.2 Å². The van der Waals surface area contributed by atoms with E-state index in [2.05, 4.69) is 27.4 Å². The molecule has 0 saturated carbocycles. The zero-order valence-corrected chi connectivity index (χ0v) is 15.4. The van der Waals surface area contributed by atoms with Crippen LogP contribution >= 0.6 is 0 Å². The molecule has 6 nitrogen and oxygen atoms in total. The highest BCUT2D eigenvalue weighted by molar-refractivity contribution is 5.79. The second-order valence-corrected chi connectivity index (χ2v) is 6.63. The molecule has 0 radical (unpaired) electrons. The molecule has 1 atom stereocenters. The Bertz CT molecular complexity index is 591. The van der Waals surface area contributed by atoms with Crippen molar-refractivity contribution in [2.45, 2.75) is 45.2 Å². The van der Waals surface area contributed by atoms with Gasteiger partial charge in [-0.1, -0.05) is 19.4 Å². The number of nitrogens with zero attached hydrogens (tertiary/aromatic N) is 2. The Kier molecular flexibility index (Phi) is 6.39. The quantitative estimate of drug-likeness (QED) is 0.612. The fourth-order valence-electron chi connectivity index (χ4n) is 3.59. The molecular formula is C19H30N4O2. The SMILES string of the molecule is CCC1CCCCN1CCNC(=NC)NCc1ccc2c(c1)OCO2. The Morgan fingerprint density at radius 2 is 2.12 bits per heavy atom. The summed E-state index contributed by atoms with van der Waals surface area (Å²) in [6.45, 7) is 6.52. The molecule has 3 rings (SSSR count). The molecule has 0 aromatic heterocycles. The number of benzene rings is 1. The van der Waals surface area contributed by atoms with E-state index in [0.717, 1.165) is 42.2 Å². The predicted molar refractivity (Wildman–Crippen MR) is 100 cm³/mol. The molecule has 1 fully saturated rings. The largest absolute Gasteiger partial charge is 0.454 e. The van der Waals surface area contributed by atoms with Gasteiger partial charge >= 0.3 is 0 Å². The maximum atomic E-state index is 5.42. The van der Waals surface area contributed by atoms with Gasteiger partial charge in [-0.25, -0.2) is 0 Å². The standard InChI is InChI=1S/C19H30N4O2/c1-3-16-6-4-5-10-23(16)11-9-21-19(20-2)22-13-15-7-8-17-18(12-15)25-14-24-17/h7-8,12,16H,3-6,9-11,13-14H2,1-2H3,(H2,20,21,22). The third-order valence-electron chi connectivity index (χ3n) is 5.03. The highest BCUT2D eigenvalue weighted by atomic mass is 16.7. The van der Waals surface area contributed by atoms with Gasteiger partial charge in [-0.15, -0.1) is 0 Å². The van der Waals surface area contributed by atoms with Gasteiger partial charge in [-0.05, 0) is 43.5 Å². The highest BCUT2D eigenvalue weighted by Crippen LogP contribution is 2.32. The topological polar surface area (TPSA) is 58.1 Å². The van der Waals surface area contributed by atoms with E-state index in [0.29, 0.717) is 13.3 Å². The van der Waals surface area contributed by atoms with Crippen molar-refractivity contribution in [2.75, 3.05) is 33.5 Å². The van der Waals surface area contributed by atoms with Gasteiger partial charge in [0.15, 0.2) is 17.5 Å². The van der Waals surface area contributed by atoms with Gasteiger partial charge in [0, 0.05) is 32.7 Å². The number of piperidine rings is 1. The van der Waals surface area contributed by atoms with E-state index in [4.69, 9.17) is 9.47 Å². The van der Waals surface area contributed by atoms with Gasteiger partial charge in [0.1, 0.15) is 0 Å². The third kappa shape index (κ3) is 4.78. The minimum Gasteiger partial charge on any atom is -0.454 e. The lowest BCUT2D eigenvalue weighted by Crippen LogP contribution is -2.45. The summed E-state index contributed by atoms with van der Waals surface area (Å²) in [7, 11) is 1.81. The van der Waals surface area contributed by atoms with Crippen molar-refractivity contribution >= 4 is 5.96 Å². The summed E-state index contributed by atoms with van der Waals surface area (Å²) in [4.78, 5) is 6.93. The molecule has 1 unspecified atom stereocenters. The van der Waals surface area contributed by atoms with Crippen molar-refractivity contribution in [1.82, 2.24) is 15.5 Å². The van der Waals surface area contributed by atoms with Crippen LogP contribution in [0.4, 0.5) is 0 Å². The Morgan fingerprint density at radius 3 is 2.96 bits per heavy atom. The van der Waals surface area contributed by atoms with Crippen LogP contribution < -0.4 is 20.1 Å². The van der Waals surface area contributed by atoms with Gasteiger partial charge in [0.2, 0.25) is 6.79 Å². The number of nitrogens with one attached hydrogen (secondary N) is 2. The van der Waals surface area contributed by atoms with E-state index in [1.54, 1.807) is 0 Å². The number of fused-ring (bicyclic) bond motifs is 1. The minimum atomic E-state index is 0.310. The molecule has 0 amide bonds. The number of hydrogen-bond acceptors (Lipinski definition) is 4. The van der Waals surface area contributed by atoms with Crippen LogP contribution in [0.3, 0.4) is 0 Å². The molecular weight excluding hydrogens is 316 g/mol. The van der Waals surface area contributed by atoms with Crippen molar-refractivity contribution in [1.29, 1.82) is 0 Å². The fourth-order valence-corrected chi connectivity index (χ4v) is 3.59. The van der Waals surface area contributed by atoms with Crippen LogP contribution in [0.15, 0.2) is 23.2 Å². The number of hydrogen-bond donors (Lipinski definition) is 2. The van der Waals surface area contributed by atoms with Crippen LogP contribution in [-0.2, 0) is 6.54 Å². The molecule has 0 bridgehead atoms. The van der Waals surface area contributed by atoms with Crippen molar-refractivity contribution in [2.24, 2.45) is 4.99 Å². The van der Waals surface area contributed by atoms with E-state index >= 15 is 0 Å². The van der Waals surface area contributed by atoms with E-state index in [9.17, 15) is 0 Å². The molecule has 0 spiro atoms. The monoisotopic (exact) mass is 346 g/mol. The van der Waals surface area contributed by atoms with Crippen LogP contribution in [0.2, 0.25) is 0 Å². The molecule has 25 heavy (non-hydrogen) atoms. The van der Waals surface area contributed by atoms with Gasteiger partial charge in [-0.3, -0.25) is 9.89 Å². The van der Waals surface area contributed by atoms with Crippen molar-refractivity contribution < 1.29 is 9.47 Å². The maximum Gasteiger partial charge on any atom is 0.231 e. The molecule has 6 heteroatoms. The van der Waals surface area contributed by atoms with Crippen molar-refractivity contribution in [3.05, 3.63) is 23.8 Å². The summed E-state index contributed by atoms with van der Waals surface area (Å²) in [5.41, 5.74) is 1.15. The van der Waals surface area contributed by atoms with Crippen LogP contribution in [-0.4, -0.2) is 50.4 Å². The number of guanidine groups is 1. The summed E-state index contributed by atoms with van der Waals surface area (Å²) < 4.78 is 10.8. The Balaban J connectivity index is 1.42. The predicted octanol–water partition coefficient (Wildman–Crippen LogP) is 2.34. The van der Waals surface area contributed by atoms with Crippen molar-refractivity contribution in [3.8, 4) is 11.5 Å². The molecule has 2 N–H and O–H groups in total. The molecule has 1 saturated heterocycles. The summed E-state index contributed by atoms with van der Waals surface area (Å²) in [5, 5.41) is 6.79. The lowest BCUT2D eigenvalue weighted by molar-refractivity contribution is 0.147. The minimum absolute atomic E-state index is 0.310. The number of likely N-dealkylation sites (tertiary alicyclic amines) is 1. The summed E-state index contributed by atoms with van der Waals surface area (Å²) in [6, 6.07) is 6.77. The summed E-state index contributed by atoms with van der Waals surface area (Å²) >= 11 is 0. The summed E-state index contributed by atoms with van der Waals surface area (Å²) in [5.74, 6) is 2.47. The second kappa shape index (κ2) is 8.94. The first-order valence-corrected chi connectivity index (χ1v) is 9.37. The number of rotatable bonds is 6. The zero-order chi connectivity index (χ0) is 17.5. The number of ether oxygens (including phenoxy) is 2. The lowest BCUT2D eigenvalue weighted by atomic mass is 10.0. The molecule has 2 heterocycles. The average Bonchev–Trinajstić information content (AvgIpc) is 3.12. The molecule has 1 aromatic carbocycles. The third-order valence-corrected chi connectivity index (χ3v) is 5.03. The number of aliphatic imine (C=N–C) groups is 1. The average molecular weight is 346 g/mol. The van der Waals surface area contributed by atoms with E-state index in [-0.39, 0.29) is 0 Å². The van der Waals surface area contributed by atoms with Gasteiger partial charge in [0.25, 0.3) is 0 Å². The smallest absolute Gasteiger partial charge is 0.231 e. The molecule has 0 aliphatic carbocycles. The van der Waals surface area contributed by atoms with E-state index < -0.39 is 0 Å². The maximum absolute atomic E-state index is 5.42. The molecule has 2 aliphatic heterocycles. The van der Waals surface area contributed by atoms with Gasteiger partial charge < -0.3 is 20.1 Å². The van der Waals surface area contributed by atoms with Gasteiger partial charge in [0.05, 0.1) is 0 Å². The molecule has 138 valence electrons. The first-order valence-electron chi connectivity index (χ1n) is 9.37. The van der Waals surface area contributed by atoms with Crippen molar-refractivity contribution in [3.63, 3.8) is 0 Å². The van der Waals surface area contributed by atoms with Gasteiger partial charge in [-0.2, -0.15) is 0 Å². The first-order chi connectivity index (χ1) is 12.3. The first kappa shape index (κ1) is 17.9. The van der Waals surface area contributed by atoms with Crippen LogP contribution in [0, 0.1) is 0 Å². The van der Waals surface area contributed by atoms with Crippen LogP contribution in [0.5, 0.6) is 11.5 Å². The normalized spacial score (nSPS) is 20.6. The lowest BCUT2D eigenvalue weighted by Gasteiger charge is -2.35. The zero-order valence-electron chi connectivity index (χ0n) is 15.4.